The van der Waals surface area contributed by atoms with Crippen molar-refractivity contribution < 1.29 is 9.53 Å². The van der Waals surface area contributed by atoms with Gasteiger partial charge in [-0.25, -0.2) is 0 Å². The van der Waals surface area contributed by atoms with Crippen molar-refractivity contribution in [2.24, 2.45) is 11.5 Å². The Labute approximate surface area is 237 Å². The molecule has 5 rings (SSSR count). The molecule has 40 heavy (non-hydrogen) atoms. The van der Waals surface area contributed by atoms with Crippen molar-refractivity contribution in [1.82, 2.24) is 14.9 Å². The van der Waals surface area contributed by atoms with Gasteiger partial charge in [-0.2, -0.15) is 0 Å². The number of aryl methyl sites for hydroxylation is 1. The molecule has 0 radical (unpaired) electrons. The summed E-state index contributed by atoms with van der Waals surface area (Å²) in [6.45, 7) is 9.00. The van der Waals surface area contributed by atoms with Crippen molar-refractivity contribution in [3.63, 3.8) is 0 Å². The van der Waals surface area contributed by atoms with E-state index in [-0.39, 0.29) is 18.6 Å². The van der Waals surface area contributed by atoms with Crippen LogP contribution in [-0.4, -0.2) is 46.5 Å². The standard InChI is InChI=1S/C32H36N4O.CH3NO/c1-22(2)37-31-10-8-25(9-11-31)26-12-13-34-32(18-26)29-16-24(20-36-14-4-5-30(33)21-36)15-28(17-29)27-7-6-23(3)35-19-27;2-1-3/h6-13,15-19,22,30H,4-5,14,20-21,33H2,1-3H3;1H,(H2,2,3). The highest BCUT2D eigenvalue weighted by molar-refractivity contribution is 5.75. The summed E-state index contributed by atoms with van der Waals surface area (Å²) in [6, 6.07) is 23.8. The lowest BCUT2D eigenvalue weighted by Crippen LogP contribution is -2.42. The third-order valence-electron chi connectivity index (χ3n) is 6.80. The van der Waals surface area contributed by atoms with Gasteiger partial charge in [0.05, 0.1) is 11.8 Å². The maximum Gasteiger partial charge on any atom is 0.204 e. The molecule has 3 heterocycles. The molecule has 208 valence electrons. The molecule has 7 heteroatoms. The number of hydrogen-bond acceptors (Lipinski definition) is 6. The summed E-state index contributed by atoms with van der Waals surface area (Å²) < 4.78 is 5.81. The van der Waals surface area contributed by atoms with Gasteiger partial charge < -0.3 is 16.2 Å². The molecular formula is C33H39N5O2. The van der Waals surface area contributed by atoms with Gasteiger partial charge in [-0.1, -0.05) is 18.2 Å². The van der Waals surface area contributed by atoms with Crippen LogP contribution >= 0.6 is 0 Å². The lowest BCUT2D eigenvalue weighted by molar-refractivity contribution is -0.106. The van der Waals surface area contributed by atoms with E-state index in [1.165, 1.54) is 5.56 Å². The molecule has 4 aromatic rings. The molecule has 0 aliphatic carbocycles. The lowest BCUT2D eigenvalue weighted by Gasteiger charge is -2.30. The monoisotopic (exact) mass is 537 g/mol. The number of amides is 1. The van der Waals surface area contributed by atoms with Crippen molar-refractivity contribution in [3.8, 4) is 39.3 Å². The van der Waals surface area contributed by atoms with Gasteiger partial charge in [0.25, 0.3) is 0 Å². The first-order valence-corrected chi connectivity index (χ1v) is 13.8. The average molecular weight is 538 g/mol. The van der Waals surface area contributed by atoms with Crippen LogP contribution in [0.3, 0.4) is 0 Å². The van der Waals surface area contributed by atoms with Crippen molar-refractivity contribution in [2.75, 3.05) is 13.1 Å². The van der Waals surface area contributed by atoms with Gasteiger partial charge >= 0.3 is 0 Å². The summed E-state index contributed by atoms with van der Waals surface area (Å²) in [5, 5.41) is 0. The van der Waals surface area contributed by atoms with Crippen LogP contribution < -0.4 is 16.2 Å². The number of pyridine rings is 2. The van der Waals surface area contributed by atoms with E-state index in [2.05, 4.69) is 70.2 Å². The highest BCUT2D eigenvalue weighted by Gasteiger charge is 2.18. The second-order valence-corrected chi connectivity index (χ2v) is 10.5. The van der Waals surface area contributed by atoms with E-state index in [1.54, 1.807) is 0 Å². The Morgan fingerprint density at radius 3 is 2.35 bits per heavy atom. The van der Waals surface area contributed by atoms with Crippen molar-refractivity contribution in [3.05, 3.63) is 90.4 Å². The molecule has 2 aromatic carbocycles. The number of ether oxygens (including phenoxy) is 1. The van der Waals surface area contributed by atoms with Gasteiger partial charge in [-0.15, -0.1) is 0 Å². The molecule has 1 aliphatic heterocycles. The van der Waals surface area contributed by atoms with Crippen LogP contribution in [0.4, 0.5) is 0 Å². The number of hydrogen-bond donors (Lipinski definition) is 2. The van der Waals surface area contributed by atoms with Gasteiger partial charge in [-0.3, -0.25) is 19.7 Å². The number of rotatable bonds is 7. The Morgan fingerprint density at radius 2 is 1.68 bits per heavy atom. The largest absolute Gasteiger partial charge is 0.491 e. The summed E-state index contributed by atoms with van der Waals surface area (Å²) in [6.07, 6.45) is 6.52. The zero-order chi connectivity index (χ0) is 28.5. The highest BCUT2D eigenvalue weighted by atomic mass is 16.5. The van der Waals surface area contributed by atoms with Crippen LogP contribution in [0.1, 0.15) is 37.9 Å². The number of piperidine rings is 1. The molecule has 0 spiro atoms. The van der Waals surface area contributed by atoms with Crippen molar-refractivity contribution >= 4 is 6.41 Å². The minimum absolute atomic E-state index is 0.157. The number of nitrogens with two attached hydrogens (primary N) is 2. The van der Waals surface area contributed by atoms with Crippen LogP contribution in [0.2, 0.25) is 0 Å². The maximum absolute atomic E-state index is 8.58. The zero-order valence-electron chi connectivity index (χ0n) is 23.6. The first-order valence-electron chi connectivity index (χ1n) is 13.8. The van der Waals surface area contributed by atoms with Crippen molar-refractivity contribution in [1.29, 1.82) is 0 Å². The van der Waals surface area contributed by atoms with Gasteiger partial charge in [0, 0.05) is 48.3 Å². The molecule has 7 nitrogen and oxygen atoms in total. The quantitative estimate of drug-likeness (QED) is 0.297. The summed E-state index contributed by atoms with van der Waals surface area (Å²) in [5.41, 5.74) is 19.3. The number of primary amides is 1. The molecule has 2 aromatic heterocycles. The van der Waals surface area contributed by atoms with Crippen LogP contribution in [0.5, 0.6) is 5.75 Å². The Bertz CT molecular complexity index is 1390. The maximum atomic E-state index is 8.58. The molecule has 4 N–H and O–H groups in total. The lowest BCUT2D eigenvalue weighted by atomic mass is 9.96. The Hall–Kier alpha value is -4.07. The number of carbonyl (C=O) groups is 1. The van der Waals surface area contributed by atoms with Crippen LogP contribution in [0.25, 0.3) is 33.5 Å². The summed E-state index contributed by atoms with van der Waals surface area (Å²) >= 11 is 0. The molecule has 1 atom stereocenters. The van der Waals surface area contributed by atoms with E-state index >= 15 is 0 Å². The van der Waals surface area contributed by atoms with Crippen LogP contribution in [-0.2, 0) is 11.3 Å². The Morgan fingerprint density at radius 1 is 0.950 bits per heavy atom. The second-order valence-electron chi connectivity index (χ2n) is 10.5. The number of nitrogens with zero attached hydrogens (tertiary/aromatic N) is 3. The fraction of sp³-hybridized carbons (Fsp3) is 0.303. The van der Waals surface area contributed by atoms with E-state index in [0.717, 1.165) is 77.4 Å². The third-order valence-corrected chi connectivity index (χ3v) is 6.80. The van der Waals surface area contributed by atoms with Crippen LogP contribution in [0, 0.1) is 6.92 Å². The van der Waals surface area contributed by atoms with Crippen LogP contribution in [0.15, 0.2) is 79.1 Å². The summed E-state index contributed by atoms with van der Waals surface area (Å²) in [5.74, 6) is 0.884. The van der Waals surface area contributed by atoms with Gasteiger partial charge in [0.2, 0.25) is 6.41 Å². The molecule has 1 aliphatic rings. The number of carbonyl (C=O) groups excluding carboxylic acids is 1. The first kappa shape index (κ1) is 28.9. The van der Waals surface area contributed by atoms with E-state index in [9.17, 15) is 0 Å². The van der Waals surface area contributed by atoms with Gasteiger partial charge in [0.1, 0.15) is 5.75 Å². The minimum atomic E-state index is 0.157. The topological polar surface area (TPSA) is 107 Å². The summed E-state index contributed by atoms with van der Waals surface area (Å²) in [7, 11) is 0. The fourth-order valence-corrected chi connectivity index (χ4v) is 5.00. The smallest absolute Gasteiger partial charge is 0.204 e. The first-order chi connectivity index (χ1) is 19.3. The van der Waals surface area contributed by atoms with Gasteiger partial charge in [-0.05, 0) is 111 Å². The number of aromatic nitrogens is 2. The SMILES string of the molecule is Cc1ccc(-c2cc(CN3CCCC(N)C3)cc(-c3cc(-c4ccc(OC(C)C)cc4)ccn3)c2)cn1.NC=O. The van der Waals surface area contributed by atoms with E-state index in [1.807, 2.05) is 45.3 Å². The number of benzene rings is 2. The normalized spacial score (nSPS) is 15.3. The third kappa shape index (κ3) is 7.97. The molecule has 0 saturated carbocycles. The summed E-state index contributed by atoms with van der Waals surface area (Å²) in [4.78, 5) is 20.4. The predicted molar refractivity (Wildman–Crippen MR) is 162 cm³/mol. The number of likely N-dealkylation sites (tertiary alicyclic amines) is 1. The highest BCUT2D eigenvalue weighted by Crippen LogP contribution is 2.31. The minimum Gasteiger partial charge on any atom is -0.491 e. The second kappa shape index (κ2) is 13.8. The molecule has 1 fully saturated rings. The van der Waals surface area contributed by atoms with E-state index < -0.39 is 0 Å². The van der Waals surface area contributed by atoms with E-state index in [4.69, 9.17) is 20.2 Å². The molecular weight excluding hydrogens is 498 g/mol. The average Bonchev–Trinajstić information content (AvgIpc) is 2.94. The molecule has 1 saturated heterocycles. The molecule has 1 unspecified atom stereocenters. The zero-order valence-corrected chi connectivity index (χ0v) is 23.6. The Kier molecular flexibility index (Phi) is 10.00. The fourth-order valence-electron chi connectivity index (χ4n) is 5.00. The van der Waals surface area contributed by atoms with Crippen molar-refractivity contribution in [2.45, 2.75) is 52.3 Å². The van der Waals surface area contributed by atoms with E-state index in [0.29, 0.717) is 0 Å². The molecule has 0 bridgehead atoms. The Balaban J connectivity index is 0.00000118. The molecule has 1 amide bonds. The predicted octanol–water partition coefficient (Wildman–Crippen LogP) is 5.60. The van der Waals surface area contributed by atoms with Gasteiger partial charge in [0.15, 0.2) is 0 Å².